The molecule has 4 rings (SSSR count). The lowest BCUT2D eigenvalue weighted by molar-refractivity contribution is 0.137. The zero-order valence-corrected chi connectivity index (χ0v) is 18.1. The van der Waals surface area contributed by atoms with Crippen LogP contribution < -0.4 is 4.74 Å². The lowest BCUT2D eigenvalue weighted by atomic mass is 10.0. The molecule has 0 aliphatic carbocycles. The van der Waals surface area contributed by atoms with Crippen molar-refractivity contribution in [3.63, 3.8) is 0 Å². The summed E-state index contributed by atoms with van der Waals surface area (Å²) in [6, 6.07) is 17.4. The van der Waals surface area contributed by atoms with E-state index < -0.39 is 0 Å². The summed E-state index contributed by atoms with van der Waals surface area (Å²) in [7, 11) is 0. The number of piperidine rings is 1. The van der Waals surface area contributed by atoms with Crippen LogP contribution in [-0.4, -0.2) is 32.3 Å². The molecule has 0 unspecified atom stereocenters. The van der Waals surface area contributed by atoms with Crippen LogP contribution in [0.3, 0.4) is 0 Å². The number of hydrogen-bond donors (Lipinski definition) is 0. The predicted octanol–water partition coefficient (Wildman–Crippen LogP) is 5.33. The van der Waals surface area contributed by atoms with Gasteiger partial charge in [-0.15, -0.1) is 0 Å². The number of likely N-dealkylation sites (tertiary alicyclic amines) is 1. The molecule has 1 aromatic heterocycles. The van der Waals surface area contributed by atoms with Crippen molar-refractivity contribution >= 4 is 23.8 Å². The fourth-order valence-corrected chi connectivity index (χ4v) is 4.19. The highest BCUT2D eigenvalue weighted by Crippen LogP contribution is 2.20. The Bertz CT molecular complexity index is 1000. The van der Waals surface area contributed by atoms with Gasteiger partial charge in [-0.2, -0.15) is 5.10 Å². The Morgan fingerprint density at radius 2 is 1.90 bits per heavy atom. The molecule has 1 atom stereocenters. The summed E-state index contributed by atoms with van der Waals surface area (Å²) >= 11 is 11.8. The van der Waals surface area contributed by atoms with Crippen molar-refractivity contribution < 1.29 is 4.74 Å². The Labute approximate surface area is 181 Å². The van der Waals surface area contributed by atoms with Crippen molar-refractivity contribution in [1.29, 1.82) is 0 Å². The molecular formula is C22H25ClN4OS. The lowest BCUT2D eigenvalue weighted by Crippen LogP contribution is -2.36. The van der Waals surface area contributed by atoms with Gasteiger partial charge in [0.1, 0.15) is 12.4 Å². The Hall–Kier alpha value is -2.15. The molecule has 0 N–H and O–H groups in total. The minimum Gasteiger partial charge on any atom is -0.486 e. The topological polar surface area (TPSA) is 35.2 Å². The van der Waals surface area contributed by atoms with Gasteiger partial charge in [-0.05, 0) is 73.9 Å². The number of nitrogens with zero attached hydrogens (tertiary/aromatic N) is 4. The molecule has 0 bridgehead atoms. The fourth-order valence-electron chi connectivity index (χ4n) is 3.76. The molecule has 1 saturated heterocycles. The van der Waals surface area contributed by atoms with E-state index in [1.807, 2.05) is 63.8 Å². The predicted molar refractivity (Wildman–Crippen MR) is 118 cm³/mol. The van der Waals surface area contributed by atoms with Crippen molar-refractivity contribution in [2.75, 3.05) is 13.1 Å². The minimum absolute atomic E-state index is 0.323. The smallest absolute Gasteiger partial charge is 0.203 e. The third-order valence-electron chi connectivity index (χ3n) is 5.18. The molecule has 7 heteroatoms. The number of aromatic nitrogens is 3. The lowest BCUT2D eigenvalue weighted by Gasteiger charge is -2.30. The van der Waals surface area contributed by atoms with Crippen LogP contribution in [0.15, 0.2) is 54.6 Å². The molecule has 1 fully saturated rings. The molecular weight excluding hydrogens is 404 g/mol. The zero-order valence-electron chi connectivity index (χ0n) is 16.5. The van der Waals surface area contributed by atoms with Gasteiger partial charge in [0, 0.05) is 17.3 Å². The molecule has 152 valence electrons. The van der Waals surface area contributed by atoms with Crippen molar-refractivity contribution in [2.24, 2.45) is 5.92 Å². The Morgan fingerprint density at radius 3 is 2.62 bits per heavy atom. The van der Waals surface area contributed by atoms with Gasteiger partial charge < -0.3 is 4.74 Å². The summed E-state index contributed by atoms with van der Waals surface area (Å²) in [4.78, 5) is 2.43. The van der Waals surface area contributed by atoms with Crippen molar-refractivity contribution in [3.05, 3.63) is 70.2 Å². The molecule has 1 aliphatic rings. The molecule has 0 saturated carbocycles. The van der Waals surface area contributed by atoms with Gasteiger partial charge in [-0.1, -0.05) is 36.7 Å². The summed E-state index contributed by atoms with van der Waals surface area (Å²) in [6.45, 7) is 5.50. The fraction of sp³-hybridized carbons (Fsp3) is 0.364. The maximum Gasteiger partial charge on any atom is 0.203 e. The van der Waals surface area contributed by atoms with E-state index in [9.17, 15) is 0 Å². The average molecular weight is 429 g/mol. The number of halogens is 1. The quantitative estimate of drug-likeness (QED) is 0.497. The van der Waals surface area contributed by atoms with Gasteiger partial charge in [0.2, 0.25) is 4.77 Å². The van der Waals surface area contributed by atoms with Crippen LogP contribution in [0.25, 0.3) is 5.69 Å². The second kappa shape index (κ2) is 9.11. The number of ether oxygens (including phenoxy) is 1. The SMILES string of the molecule is C[C@H]1CCCN(Cn2nc(COc3ccc(Cl)cc3)n(-c3ccccc3)c2=S)C1. The van der Waals surface area contributed by atoms with E-state index in [1.165, 1.54) is 12.8 Å². The summed E-state index contributed by atoms with van der Waals surface area (Å²) < 4.78 is 10.6. The normalized spacial score (nSPS) is 17.4. The summed E-state index contributed by atoms with van der Waals surface area (Å²) in [5.74, 6) is 2.24. The molecule has 5 nitrogen and oxygen atoms in total. The van der Waals surface area contributed by atoms with Gasteiger partial charge in [0.05, 0.1) is 6.67 Å². The molecule has 29 heavy (non-hydrogen) atoms. The van der Waals surface area contributed by atoms with E-state index in [1.54, 1.807) is 0 Å². The first-order valence-electron chi connectivity index (χ1n) is 9.95. The van der Waals surface area contributed by atoms with Crippen LogP contribution in [-0.2, 0) is 13.3 Å². The van der Waals surface area contributed by atoms with Gasteiger partial charge in [-0.25, -0.2) is 4.68 Å². The number of rotatable bonds is 6. The molecule has 3 aromatic rings. The molecule has 2 aromatic carbocycles. The van der Waals surface area contributed by atoms with Gasteiger partial charge in [0.25, 0.3) is 0 Å². The van der Waals surface area contributed by atoms with E-state index in [0.29, 0.717) is 29.0 Å². The Balaban J connectivity index is 1.61. The van der Waals surface area contributed by atoms with Gasteiger partial charge in [-0.3, -0.25) is 9.47 Å². The largest absolute Gasteiger partial charge is 0.486 e. The molecule has 0 spiro atoms. The Kier molecular flexibility index (Phi) is 6.33. The maximum atomic E-state index is 5.97. The number of benzene rings is 2. The summed E-state index contributed by atoms with van der Waals surface area (Å²) in [5.41, 5.74) is 0.991. The van der Waals surface area contributed by atoms with E-state index in [2.05, 4.69) is 11.8 Å². The number of para-hydroxylation sites is 1. The van der Waals surface area contributed by atoms with Crippen LogP contribution in [0.5, 0.6) is 5.75 Å². The Morgan fingerprint density at radius 1 is 1.14 bits per heavy atom. The second-order valence-corrected chi connectivity index (χ2v) is 8.38. The number of hydrogen-bond acceptors (Lipinski definition) is 4. The summed E-state index contributed by atoms with van der Waals surface area (Å²) in [6.07, 6.45) is 2.51. The minimum atomic E-state index is 0.323. The average Bonchev–Trinajstić information content (AvgIpc) is 3.03. The van der Waals surface area contributed by atoms with Gasteiger partial charge in [0.15, 0.2) is 5.82 Å². The highest BCUT2D eigenvalue weighted by molar-refractivity contribution is 7.71. The van der Waals surface area contributed by atoms with Crippen LogP contribution in [0.1, 0.15) is 25.6 Å². The van der Waals surface area contributed by atoms with Crippen LogP contribution in [0, 0.1) is 10.7 Å². The van der Waals surface area contributed by atoms with Crippen molar-refractivity contribution in [2.45, 2.75) is 33.0 Å². The van der Waals surface area contributed by atoms with E-state index >= 15 is 0 Å². The highest BCUT2D eigenvalue weighted by atomic mass is 35.5. The standard InChI is InChI=1S/C22H25ClN4OS/c1-17-6-5-13-25(14-17)16-26-22(29)27(19-7-3-2-4-8-19)21(24-26)15-28-20-11-9-18(23)10-12-20/h2-4,7-12,17H,5-6,13-16H2,1H3/t17-/m0/s1. The second-order valence-electron chi connectivity index (χ2n) is 7.58. The first-order valence-corrected chi connectivity index (χ1v) is 10.7. The molecule has 0 radical (unpaired) electrons. The van der Waals surface area contributed by atoms with Crippen LogP contribution in [0.4, 0.5) is 0 Å². The van der Waals surface area contributed by atoms with Crippen LogP contribution in [0.2, 0.25) is 5.02 Å². The van der Waals surface area contributed by atoms with Gasteiger partial charge >= 0.3 is 0 Å². The summed E-state index contributed by atoms with van der Waals surface area (Å²) in [5, 5.41) is 5.51. The zero-order chi connectivity index (χ0) is 20.2. The van der Waals surface area contributed by atoms with Crippen molar-refractivity contribution in [1.82, 2.24) is 19.2 Å². The maximum absolute atomic E-state index is 5.97. The molecule has 1 aliphatic heterocycles. The monoisotopic (exact) mass is 428 g/mol. The van der Waals surface area contributed by atoms with E-state index in [-0.39, 0.29) is 0 Å². The molecule has 2 heterocycles. The first kappa shape index (κ1) is 20.1. The molecule has 0 amide bonds. The van der Waals surface area contributed by atoms with Crippen molar-refractivity contribution in [3.8, 4) is 11.4 Å². The van der Waals surface area contributed by atoms with Crippen LogP contribution >= 0.6 is 23.8 Å². The first-order chi connectivity index (χ1) is 14.1. The van der Waals surface area contributed by atoms with E-state index in [4.69, 9.17) is 33.7 Å². The third-order valence-corrected chi connectivity index (χ3v) is 5.82. The highest BCUT2D eigenvalue weighted by Gasteiger charge is 2.19. The third kappa shape index (κ3) is 4.89. The van der Waals surface area contributed by atoms with E-state index in [0.717, 1.165) is 30.4 Å².